The van der Waals surface area contributed by atoms with Crippen molar-refractivity contribution in [1.29, 1.82) is 0 Å². The second-order valence-corrected chi connectivity index (χ2v) is 2.81. The molecule has 13 heavy (non-hydrogen) atoms. The van der Waals surface area contributed by atoms with Gasteiger partial charge in [-0.3, -0.25) is 4.79 Å². The number of aromatic amines is 1. The maximum Gasteiger partial charge on any atom is 0.271 e. The highest BCUT2D eigenvalue weighted by molar-refractivity contribution is 6.32. The minimum atomic E-state index is -0.365. The Morgan fingerprint density at radius 3 is 3.15 bits per heavy atom. The van der Waals surface area contributed by atoms with E-state index in [4.69, 9.17) is 18.0 Å². The Morgan fingerprint density at radius 1 is 1.85 bits per heavy atom. The van der Waals surface area contributed by atoms with Crippen LogP contribution < -0.4 is 10.5 Å². The number of hydrogen-bond acceptors (Lipinski definition) is 3. The molecule has 0 aromatic carbocycles. The molecule has 0 spiro atoms. The Morgan fingerprint density at radius 2 is 2.54 bits per heavy atom. The lowest BCUT2D eigenvalue weighted by molar-refractivity contribution is 0.977. The van der Waals surface area contributed by atoms with Gasteiger partial charge in [-0.2, -0.15) is 0 Å². The van der Waals surface area contributed by atoms with E-state index >= 15 is 0 Å². The maximum absolute atomic E-state index is 11.0. The molecule has 68 valence electrons. The van der Waals surface area contributed by atoms with E-state index in [1.807, 2.05) is 0 Å². The standard InChI is InChI=1S/C8H8ClN3O/c1-3-4-12(2)7-6(9)8(13)11-5-10-7/h1,5H,4H2,2H3,(H,10,11,13). The number of rotatable bonds is 2. The summed E-state index contributed by atoms with van der Waals surface area (Å²) < 4.78 is 0. The predicted octanol–water partition coefficient (Wildman–Crippen LogP) is 0.493. The van der Waals surface area contributed by atoms with Gasteiger partial charge in [0.25, 0.3) is 5.56 Å². The number of H-pyrrole nitrogens is 1. The summed E-state index contributed by atoms with van der Waals surface area (Å²) in [5.41, 5.74) is -0.365. The van der Waals surface area contributed by atoms with E-state index in [9.17, 15) is 4.79 Å². The van der Waals surface area contributed by atoms with Crippen molar-refractivity contribution in [3.63, 3.8) is 0 Å². The van der Waals surface area contributed by atoms with Crippen molar-refractivity contribution in [1.82, 2.24) is 9.97 Å². The van der Waals surface area contributed by atoms with Crippen molar-refractivity contribution in [2.24, 2.45) is 0 Å². The highest BCUT2D eigenvalue weighted by atomic mass is 35.5. The zero-order chi connectivity index (χ0) is 9.84. The lowest BCUT2D eigenvalue weighted by Crippen LogP contribution is -2.22. The fourth-order valence-electron chi connectivity index (χ4n) is 0.852. The molecule has 1 N–H and O–H groups in total. The van der Waals surface area contributed by atoms with Crippen LogP contribution in [0.2, 0.25) is 5.02 Å². The van der Waals surface area contributed by atoms with Crippen molar-refractivity contribution in [3.8, 4) is 12.3 Å². The first kappa shape index (κ1) is 9.62. The number of hydrogen-bond donors (Lipinski definition) is 1. The zero-order valence-electron chi connectivity index (χ0n) is 7.04. The first-order valence-electron chi connectivity index (χ1n) is 3.54. The van der Waals surface area contributed by atoms with Crippen LogP contribution in [-0.2, 0) is 0 Å². The second-order valence-electron chi connectivity index (χ2n) is 2.43. The van der Waals surface area contributed by atoms with Crippen molar-refractivity contribution < 1.29 is 0 Å². The molecule has 1 aromatic rings. The van der Waals surface area contributed by atoms with Crippen LogP contribution in [0.3, 0.4) is 0 Å². The van der Waals surface area contributed by atoms with Crippen LogP contribution in [0.15, 0.2) is 11.1 Å². The lowest BCUT2D eigenvalue weighted by atomic mass is 10.5. The fraction of sp³-hybridized carbons (Fsp3) is 0.250. The largest absolute Gasteiger partial charge is 0.347 e. The van der Waals surface area contributed by atoms with Gasteiger partial charge in [0.15, 0.2) is 5.82 Å². The number of nitrogens with zero attached hydrogens (tertiary/aromatic N) is 2. The van der Waals surface area contributed by atoms with Crippen molar-refractivity contribution >= 4 is 17.4 Å². The molecule has 0 saturated carbocycles. The van der Waals surface area contributed by atoms with E-state index in [0.29, 0.717) is 12.4 Å². The Balaban J connectivity index is 3.09. The van der Waals surface area contributed by atoms with Crippen LogP contribution in [0.4, 0.5) is 5.82 Å². The molecular weight excluding hydrogens is 190 g/mol. The summed E-state index contributed by atoms with van der Waals surface area (Å²) in [6.45, 7) is 0.357. The molecule has 1 heterocycles. The van der Waals surface area contributed by atoms with Gasteiger partial charge in [-0.25, -0.2) is 4.98 Å². The van der Waals surface area contributed by atoms with Gasteiger partial charge in [-0.15, -0.1) is 6.42 Å². The summed E-state index contributed by atoms with van der Waals surface area (Å²) >= 11 is 5.71. The van der Waals surface area contributed by atoms with E-state index in [-0.39, 0.29) is 10.6 Å². The number of nitrogens with one attached hydrogen (secondary N) is 1. The molecule has 0 saturated heterocycles. The van der Waals surface area contributed by atoms with Crippen molar-refractivity contribution in [3.05, 3.63) is 21.7 Å². The van der Waals surface area contributed by atoms with E-state index in [1.54, 1.807) is 11.9 Å². The van der Waals surface area contributed by atoms with Crippen LogP contribution in [0.25, 0.3) is 0 Å². The summed E-state index contributed by atoms with van der Waals surface area (Å²) in [6.07, 6.45) is 6.39. The third kappa shape index (κ3) is 2.01. The highest BCUT2D eigenvalue weighted by Gasteiger charge is 2.08. The van der Waals surface area contributed by atoms with Gasteiger partial charge in [0, 0.05) is 7.05 Å². The minimum Gasteiger partial charge on any atom is -0.347 e. The quantitative estimate of drug-likeness (QED) is 0.703. The van der Waals surface area contributed by atoms with Crippen LogP contribution in [0, 0.1) is 12.3 Å². The topological polar surface area (TPSA) is 49.0 Å². The summed E-state index contributed by atoms with van der Waals surface area (Å²) in [5, 5.41) is 0.0558. The normalized spacial score (nSPS) is 9.31. The molecule has 0 fully saturated rings. The summed E-state index contributed by atoms with van der Waals surface area (Å²) in [5.74, 6) is 2.82. The minimum absolute atomic E-state index is 0.0558. The summed E-state index contributed by atoms with van der Waals surface area (Å²) in [6, 6.07) is 0. The molecule has 0 aliphatic carbocycles. The van der Waals surface area contributed by atoms with Crippen LogP contribution in [0.1, 0.15) is 0 Å². The smallest absolute Gasteiger partial charge is 0.271 e. The van der Waals surface area contributed by atoms with E-state index in [0.717, 1.165) is 0 Å². The monoisotopic (exact) mass is 197 g/mol. The predicted molar refractivity (Wildman–Crippen MR) is 52.0 cm³/mol. The van der Waals surface area contributed by atoms with Gasteiger partial charge in [0.2, 0.25) is 0 Å². The highest BCUT2D eigenvalue weighted by Crippen LogP contribution is 2.15. The van der Waals surface area contributed by atoms with E-state index in [2.05, 4.69) is 15.9 Å². The molecule has 0 bridgehead atoms. The number of terminal acetylenes is 1. The Bertz CT molecular complexity index is 393. The van der Waals surface area contributed by atoms with Crippen LogP contribution in [-0.4, -0.2) is 23.6 Å². The Kier molecular flexibility index (Phi) is 2.93. The van der Waals surface area contributed by atoms with Crippen LogP contribution >= 0.6 is 11.6 Å². The van der Waals surface area contributed by atoms with E-state index < -0.39 is 0 Å². The van der Waals surface area contributed by atoms with Gasteiger partial charge >= 0.3 is 0 Å². The first-order chi connectivity index (χ1) is 6.16. The average Bonchev–Trinajstić information content (AvgIpc) is 2.10. The Hall–Kier alpha value is -1.47. The summed E-state index contributed by atoms with van der Waals surface area (Å²) in [7, 11) is 1.72. The number of halogens is 1. The molecule has 0 radical (unpaired) electrons. The number of aromatic nitrogens is 2. The Labute approximate surface area is 80.6 Å². The van der Waals surface area contributed by atoms with Gasteiger partial charge in [-0.1, -0.05) is 17.5 Å². The molecular formula is C8H8ClN3O. The van der Waals surface area contributed by atoms with Gasteiger partial charge in [0.05, 0.1) is 12.9 Å². The molecule has 0 aliphatic heterocycles. The molecule has 1 rings (SSSR count). The first-order valence-corrected chi connectivity index (χ1v) is 3.92. The summed E-state index contributed by atoms with van der Waals surface area (Å²) in [4.78, 5) is 18.9. The number of anilines is 1. The zero-order valence-corrected chi connectivity index (χ0v) is 7.80. The molecule has 0 unspecified atom stereocenters. The van der Waals surface area contributed by atoms with Crippen molar-refractivity contribution in [2.75, 3.05) is 18.5 Å². The average molecular weight is 198 g/mol. The van der Waals surface area contributed by atoms with Crippen molar-refractivity contribution in [2.45, 2.75) is 0 Å². The molecule has 1 aromatic heterocycles. The molecule has 5 heteroatoms. The fourth-order valence-corrected chi connectivity index (χ4v) is 1.10. The van der Waals surface area contributed by atoms with Gasteiger partial charge in [-0.05, 0) is 0 Å². The van der Waals surface area contributed by atoms with Crippen LogP contribution in [0.5, 0.6) is 0 Å². The van der Waals surface area contributed by atoms with Gasteiger partial charge in [0.1, 0.15) is 5.02 Å². The SMILES string of the molecule is C#CCN(C)c1nc[nH]c(=O)c1Cl. The lowest BCUT2D eigenvalue weighted by Gasteiger charge is -2.14. The third-order valence-corrected chi connectivity index (χ3v) is 1.81. The van der Waals surface area contributed by atoms with E-state index in [1.165, 1.54) is 6.33 Å². The third-order valence-electron chi connectivity index (χ3n) is 1.47. The molecule has 0 aliphatic rings. The van der Waals surface area contributed by atoms with Gasteiger partial charge < -0.3 is 9.88 Å². The molecule has 0 atom stereocenters. The maximum atomic E-state index is 11.0. The molecule has 4 nitrogen and oxygen atoms in total. The molecule has 0 amide bonds. The second kappa shape index (κ2) is 3.97.